The van der Waals surface area contributed by atoms with Crippen LogP contribution in [0.5, 0.6) is 0 Å². The number of hydrogen-bond donors (Lipinski definition) is 1. The maximum atomic E-state index is 11.3. The third-order valence-corrected chi connectivity index (χ3v) is 2.52. The van der Waals surface area contributed by atoms with E-state index in [1.54, 1.807) is 0 Å². The molecule has 19 heavy (non-hydrogen) atoms. The number of nitrogens with one attached hydrogen (secondary N) is 1. The molecule has 0 aliphatic carbocycles. The Balaban J connectivity index is 0.000000741. The van der Waals surface area contributed by atoms with Crippen molar-refractivity contribution >= 4 is 11.6 Å². The minimum atomic E-state index is 0.0444. The molecule has 0 unspecified atom stereocenters. The van der Waals surface area contributed by atoms with Gasteiger partial charge < -0.3 is 10.2 Å². The number of nitrogens with zero attached hydrogens (tertiary/aromatic N) is 1. The van der Waals surface area contributed by atoms with Crippen LogP contribution in [0.3, 0.4) is 0 Å². The Morgan fingerprint density at radius 3 is 2.16 bits per heavy atom. The van der Waals surface area contributed by atoms with Crippen LogP contribution in [0.15, 0.2) is 36.5 Å². The molecule has 1 heterocycles. The average Bonchev–Trinajstić information content (AvgIpc) is 2.47. The number of carbonyl (C=O) groups excluding carboxylic acids is 1. The first-order valence-corrected chi connectivity index (χ1v) is 6.95. The number of hydrogen-bond acceptors (Lipinski definition) is 2. The van der Waals surface area contributed by atoms with E-state index in [2.05, 4.69) is 11.9 Å². The highest BCUT2D eigenvalue weighted by Crippen LogP contribution is 2.20. The van der Waals surface area contributed by atoms with Crippen LogP contribution in [0.4, 0.5) is 5.69 Å². The average molecular weight is 262 g/mol. The molecule has 0 saturated carbocycles. The van der Waals surface area contributed by atoms with Crippen molar-refractivity contribution in [2.45, 2.75) is 34.6 Å². The van der Waals surface area contributed by atoms with Gasteiger partial charge in [0.25, 0.3) is 0 Å². The fourth-order valence-electron chi connectivity index (χ4n) is 1.61. The molecule has 1 aliphatic heterocycles. The van der Waals surface area contributed by atoms with Crippen molar-refractivity contribution in [1.82, 2.24) is 5.32 Å². The van der Waals surface area contributed by atoms with Gasteiger partial charge in [-0.05, 0) is 19.1 Å². The number of piperazine rings is 1. The fraction of sp³-hybridized carbons (Fsp3) is 0.438. The topological polar surface area (TPSA) is 32.3 Å². The Labute approximate surface area is 117 Å². The van der Waals surface area contributed by atoms with Crippen LogP contribution < -0.4 is 10.2 Å². The van der Waals surface area contributed by atoms with Gasteiger partial charge in [0.15, 0.2) is 0 Å². The molecule has 106 valence electrons. The lowest BCUT2D eigenvalue weighted by molar-refractivity contribution is -0.120. The van der Waals surface area contributed by atoms with E-state index in [0.29, 0.717) is 13.1 Å². The van der Waals surface area contributed by atoms with Gasteiger partial charge in [-0.15, -0.1) is 0 Å². The van der Waals surface area contributed by atoms with E-state index >= 15 is 0 Å². The summed E-state index contributed by atoms with van der Waals surface area (Å²) in [6.45, 7) is 14.9. The zero-order valence-corrected chi connectivity index (χ0v) is 12.8. The zero-order chi connectivity index (χ0) is 14.8. The molecule has 0 radical (unpaired) electrons. The minimum Gasteiger partial charge on any atom is -0.349 e. The monoisotopic (exact) mass is 262 g/mol. The van der Waals surface area contributed by atoms with Crippen LogP contribution in [0, 0.1) is 6.92 Å². The normalized spacial score (nSPS) is 13.6. The molecule has 1 aromatic carbocycles. The summed E-state index contributed by atoms with van der Waals surface area (Å²) in [6.07, 6.45) is 0. The number of rotatable bonds is 1. The molecule has 1 amide bonds. The number of amides is 1. The van der Waals surface area contributed by atoms with E-state index < -0.39 is 0 Å². The molecule has 2 rings (SSSR count). The third-order valence-electron chi connectivity index (χ3n) is 2.52. The zero-order valence-electron chi connectivity index (χ0n) is 12.8. The van der Waals surface area contributed by atoms with Crippen LogP contribution in [-0.2, 0) is 4.79 Å². The summed E-state index contributed by atoms with van der Waals surface area (Å²) in [5.74, 6) is 0.0444. The number of anilines is 1. The first kappa shape index (κ1) is 17.2. The highest BCUT2D eigenvalue weighted by atomic mass is 16.2. The predicted molar refractivity (Wildman–Crippen MR) is 83.4 cm³/mol. The van der Waals surface area contributed by atoms with Gasteiger partial charge in [0, 0.05) is 11.4 Å². The van der Waals surface area contributed by atoms with Crippen molar-refractivity contribution in [3.63, 3.8) is 0 Å². The summed E-state index contributed by atoms with van der Waals surface area (Å²) in [5, 5.41) is 2.76. The quantitative estimate of drug-likeness (QED) is 0.840. The first-order valence-electron chi connectivity index (χ1n) is 6.95. The summed E-state index contributed by atoms with van der Waals surface area (Å²) >= 11 is 0. The number of aryl methyl sites for hydroxylation is 1. The first-order chi connectivity index (χ1) is 9.16. The molecular weight excluding hydrogens is 236 g/mol. The molecule has 0 bridgehead atoms. The van der Waals surface area contributed by atoms with Gasteiger partial charge >= 0.3 is 0 Å². The van der Waals surface area contributed by atoms with Crippen LogP contribution in [0.1, 0.15) is 33.3 Å². The molecule has 1 saturated heterocycles. The number of carbonyl (C=O) groups is 1. The molecular formula is C16H26N2O. The van der Waals surface area contributed by atoms with Gasteiger partial charge in [-0.1, -0.05) is 52.0 Å². The molecule has 1 fully saturated rings. The van der Waals surface area contributed by atoms with Gasteiger partial charge in [0.1, 0.15) is 6.54 Å². The van der Waals surface area contributed by atoms with Crippen molar-refractivity contribution in [1.29, 1.82) is 0 Å². The van der Waals surface area contributed by atoms with Crippen molar-refractivity contribution in [2.24, 2.45) is 0 Å². The van der Waals surface area contributed by atoms with Crippen molar-refractivity contribution in [3.05, 3.63) is 42.1 Å². The molecule has 0 atom stereocenters. The summed E-state index contributed by atoms with van der Waals surface area (Å²) in [4.78, 5) is 13.2. The second-order valence-corrected chi connectivity index (χ2v) is 3.76. The lowest BCUT2D eigenvalue weighted by Crippen LogP contribution is -2.45. The Morgan fingerprint density at radius 2 is 1.63 bits per heavy atom. The minimum absolute atomic E-state index is 0.0444. The fourth-order valence-corrected chi connectivity index (χ4v) is 1.61. The van der Waals surface area contributed by atoms with E-state index in [4.69, 9.17) is 0 Å². The van der Waals surface area contributed by atoms with E-state index in [1.165, 1.54) is 5.56 Å². The standard InChI is InChI=1S/C12H14N2O.2C2H6/c1-9-3-5-11(6-4-9)14-8-12(15)13-7-10(14)2;2*1-2/h3-6H,2,7-8H2,1H3,(H,13,15);2*1-2H3. The molecule has 3 nitrogen and oxygen atoms in total. The van der Waals surface area contributed by atoms with E-state index in [0.717, 1.165) is 11.4 Å². The number of benzene rings is 1. The molecule has 1 aromatic rings. The van der Waals surface area contributed by atoms with Gasteiger partial charge in [0.05, 0.1) is 6.54 Å². The summed E-state index contributed by atoms with van der Waals surface area (Å²) in [6, 6.07) is 8.10. The van der Waals surface area contributed by atoms with Crippen molar-refractivity contribution in [3.8, 4) is 0 Å². The Hall–Kier alpha value is -1.77. The van der Waals surface area contributed by atoms with Gasteiger partial charge in [-0.25, -0.2) is 0 Å². The highest BCUT2D eigenvalue weighted by molar-refractivity contribution is 5.84. The maximum Gasteiger partial charge on any atom is 0.240 e. The molecule has 0 spiro atoms. The summed E-state index contributed by atoms with van der Waals surface area (Å²) in [5.41, 5.74) is 3.17. The SMILES string of the molecule is C=C1CNC(=O)CN1c1ccc(C)cc1.CC.CC. The second kappa shape index (κ2) is 9.20. The van der Waals surface area contributed by atoms with Gasteiger partial charge in [-0.3, -0.25) is 4.79 Å². The Morgan fingerprint density at radius 1 is 1.11 bits per heavy atom. The van der Waals surface area contributed by atoms with E-state index in [1.807, 2.05) is 63.8 Å². The van der Waals surface area contributed by atoms with Crippen LogP contribution in [0.25, 0.3) is 0 Å². The van der Waals surface area contributed by atoms with Gasteiger partial charge in [-0.2, -0.15) is 0 Å². The molecule has 1 N–H and O–H groups in total. The molecule has 1 aliphatic rings. The smallest absolute Gasteiger partial charge is 0.240 e. The van der Waals surface area contributed by atoms with Crippen molar-refractivity contribution in [2.75, 3.05) is 18.0 Å². The van der Waals surface area contributed by atoms with Crippen LogP contribution in [0.2, 0.25) is 0 Å². The van der Waals surface area contributed by atoms with E-state index in [-0.39, 0.29) is 5.91 Å². The lowest BCUT2D eigenvalue weighted by atomic mass is 10.2. The Kier molecular flexibility index (Phi) is 8.34. The lowest BCUT2D eigenvalue weighted by Gasteiger charge is -2.30. The third kappa shape index (κ3) is 5.16. The molecule has 0 aromatic heterocycles. The highest BCUT2D eigenvalue weighted by Gasteiger charge is 2.19. The van der Waals surface area contributed by atoms with Gasteiger partial charge in [0.2, 0.25) is 5.91 Å². The van der Waals surface area contributed by atoms with Crippen molar-refractivity contribution < 1.29 is 4.79 Å². The Bertz CT molecular complexity index is 396. The predicted octanol–water partition coefficient (Wildman–Crippen LogP) is 3.50. The summed E-state index contributed by atoms with van der Waals surface area (Å²) in [7, 11) is 0. The molecule has 3 heteroatoms. The van der Waals surface area contributed by atoms with Crippen LogP contribution in [-0.4, -0.2) is 19.0 Å². The summed E-state index contributed by atoms with van der Waals surface area (Å²) < 4.78 is 0. The van der Waals surface area contributed by atoms with Crippen LogP contribution >= 0.6 is 0 Å². The maximum absolute atomic E-state index is 11.3. The van der Waals surface area contributed by atoms with E-state index in [9.17, 15) is 4.79 Å². The largest absolute Gasteiger partial charge is 0.349 e. The second-order valence-electron chi connectivity index (χ2n) is 3.76.